The lowest BCUT2D eigenvalue weighted by molar-refractivity contribution is 0.489. The van der Waals surface area contributed by atoms with Crippen LogP contribution in [0.1, 0.15) is 23.8 Å². The third-order valence-electron chi connectivity index (χ3n) is 3.08. The van der Waals surface area contributed by atoms with Gasteiger partial charge in [-0.15, -0.1) is 0 Å². The van der Waals surface area contributed by atoms with Crippen molar-refractivity contribution in [3.8, 4) is 11.1 Å². The van der Waals surface area contributed by atoms with Gasteiger partial charge in [-0.1, -0.05) is 18.5 Å². The van der Waals surface area contributed by atoms with Gasteiger partial charge in [0.1, 0.15) is 5.76 Å². The van der Waals surface area contributed by atoms with E-state index in [9.17, 15) is 0 Å². The highest BCUT2D eigenvalue weighted by atomic mass is 35.5. The Bertz CT molecular complexity index is 545. The van der Waals surface area contributed by atoms with Gasteiger partial charge in [0.25, 0.3) is 0 Å². The van der Waals surface area contributed by atoms with E-state index in [0.29, 0.717) is 0 Å². The molecule has 0 unspecified atom stereocenters. The van der Waals surface area contributed by atoms with Gasteiger partial charge in [-0.2, -0.15) is 0 Å². The van der Waals surface area contributed by atoms with Crippen molar-refractivity contribution in [2.75, 3.05) is 6.54 Å². The van der Waals surface area contributed by atoms with Crippen LogP contribution in [0, 0.1) is 13.8 Å². The molecule has 18 heavy (non-hydrogen) atoms. The number of hydrogen-bond acceptors (Lipinski definition) is 2. The third kappa shape index (κ3) is 2.60. The fraction of sp³-hybridized carbons (Fsp3) is 0.333. The summed E-state index contributed by atoms with van der Waals surface area (Å²) in [6.07, 6.45) is 1.74. The number of halogens is 1. The van der Waals surface area contributed by atoms with E-state index < -0.39 is 0 Å². The highest BCUT2D eigenvalue weighted by Gasteiger charge is 2.12. The lowest BCUT2D eigenvalue weighted by Gasteiger charge is -2.09. The predicted octanol–water partition coefficient (Wildman–Crippen LogP) is 4.33. The molecule has 0 atom stereocenters. The van der Waals surface area contributed by atoms with E-state index in [1.165, 1.54) is 11.1 Å². The molecule has 2 nitrogen and oxygen atoms in total. The molecule has 0 saturated heterocycles. The Labute approximate surface area is 113 Å². The third-order valence-corrected chi connectivity index (χ3v) is 3.48. The van der Waals surface area contributed by atoms with Crippen LogP contribution in [0.3, 0.4) is 0 Å². The molecule has 2 aromatic rings. The number of nitrogens with one attached hydrogen (secondary N) is 1. The van der Waals surface area contributed by atoms with Crippen molar-refractivity contribution in [1.82, 2.24) is 5.32 Å². The molecule has 0 saturated carbocycles. The van der Waals surface area contributed by atoms with Gasteiger partial charge in [0, 0.05) is 10.6 Å². The summed E-state index contributed by atoms with van der Waals surface area (Å²) in [4.78, 5) is 0. The van der Waals surface area contributed by atoms with Gasteiger partial charge in [-0.3, -0.25) is 0 Å². The van der Waals surface area contributed by atoms with Gasteiger partial charge in [0.2, 0.25) is 0 Å². The van der Waals surface area contributed by atoms with Crippen LogP contribution in [0.4, 0.5) is 0 Å². The normalized spacial score (nSPS) is 10.9. The minimum Gasteiger partial charge on any atom is -0.467 e. The quantitative estimate of drug-likeness (QED) is 0.888. The fourth-order valence-electron chi connectivity index (χ4n) is 2.03. The molecule has 0 spiro atoms. The number of rotatable bonds is 4. The molecule has 2 rings (SSSR count). The highest BCUT2D eigenvalue weighted by molar-refractivity contribution is 6.31. The number of hydrogen-bond donors (Lipinski definition) is 1. The number of benzene rings is 1. The van der Waals surface area contributed by atoms with Crippen LogP contribution in [0.15, 0.2) is 28.9 Å². The summed E-state index contributed by atoms with van der Waals surface area (Å²) in [5, 5.41) is 4.10. The molecule has 1 aromatic heterocycles. The second kappa shape index (κ2) is 5.59. The molecule has 1 aromatic carbocycles. The number of furan rings is 1. The van der Waals surface area contributed by atoms with Crippen molar-refractivity contribution < 1.29 is 4.42 Å². The Balaban J connectivity index is 2.42. The minimum absolute atomic E-state index is 0.750. The van der Waals surface area contributed by atoms with Gasteiger partial charge in [0.15, 0.2) is 0 Å². The summed E-state index contributed by atoms with van der Waals surface area (Å²) < 4.78 is 5.55. The van der Waals surface area contributed by atoms with E-state index >= 15 is 0 Å². The maximum atomic E-state index is 6.13. The van der Waals surface area contributed by atoms with Crippen molar-refractivity contribution in [2.24, 2.45) is 0 Å². The summed E-state index contributed by atoms with van der Waals surface area (Å²) >= 11 is 6.13. The highest BCUT2D eigenvalue weighted by Crippen LogP contribution is 2.31. The molecule has 0 aliphatic heterocycles. The topological polar surface area (TPSA) is 25.2 Å². The first-order valence-electron chi connectivity index (χ1n) is 6.17. The molecule has 0 amide bonds. The molecule has 0 fully saturated rings. The summed E-state index contributed by atoms with van der Waals surface area (Å²) in [7, 11) is 0. The van der Waals surface area contributed by atoms with E-state index in [-0.39, 0.29) is 0 Å². The zero-order valence-corrected chi connectivity index (χ0v) is 11.8. The van der Waals surface area contributed by atoms with Gasteiger partial charge >= 0.3 is 0 Å². The Morgan fingerprint density at radius 3 is 2.67 bits per heavy atom. The standard InChI is InChI=1S/C15H18ClNO/c1-4-17-9-15-12(5-6-18-15)13-7-11(3)14(16)8-10(13)2/h5-8,17H,4,9H2,1-3H3. The van der Waals surface area contributed by atoms with Gasteiger partial charge in [-0.25, -0.2) is 0 Å². The molecule has 96 valence electrons. The smallest absolute Gasteiger partial charge is 0.125 e. The van der Waals surface area contributed by atoms with Crippen LogP contribution in [-0.2, 0) is 6.54 Å². The van der Waals surface area contributed by atoms with Crippen LogP contribution in [-0.4, -0.2) is 6.54 Å². The largest absolute Gasteiger partial charge is 0.467 e. The van der Waals surface area contributed by atoms with Crippen molar-refractivity contribution in [3.63, 3.8) is 0 Å². The average molecular weight is 264 g/mol. The average Bonchev–Trinajstić information content (AvgIpc) is 2.79. The second-order valence-corrected chi connectivity index (χ2v) is 4.86. The summed E-state index contributed by atoms with van der Waals surface area (Å²) in [6, 6.07) is 6.15. The van der Waals surface area contributed by atoms with Crippen LogP contribution >= 0.6 is 11.6 Å². The minimum atomic E-state index is 0.750. The van der Waals surface area contributed by atoms with Crippen molar-refractivity contribution >= 4 is 11.6 Å². The molecular weight excluding hydrogens is 246 g/mol. The summed E-state index contributed by atoms with van der Waals surface area (Å²) in [6.45, 7) is 7.86. The van der Waals surface area contributed by atoms with Gasteiger partial charge in [0.05, 0.1) is 12.8 Å². The Hall–Kier alpha value is -1.25. The molecular formula is C15H18ClNO. The van der Waals surface area contributed by atoms with Crippen LogP contribution < -0.4 is 5.32 Å². The monoisotopic (exact) mass is 263 g/mol. The van der Waals surface area contributed by atoms with Gasteiger partial charge in [-0.05, 0) is 55.3 Å². The second-order valence-electron chi connectivity index (χ2n) is 4.45. The molecule has 1 N–H and O–H groups in total. The zero-order chi connectivity index (χ0) is 13.1. The molecule has 0 aliphatic carbocycles. The summed E-state index contributed by atoms with van der Waals surface area (Å²) in [5.74, 6) is 0.974. The van der Waals surface area contributed by atoms with Crippen LogP contribution in [0.5, 0.6) is 0 Å². The molecule has 0 aliphatic rings. The van der Waals surface area contributed by atoms with Crippen molar-refractivity contribution in [3.05, 3.63) is 46.4 Å². The zero-order valence-electron chi connectivity index (χ0n) is 11.0. The lowest BCUT2D eigenvalue weighted by atomic mass is 9.98. The van der Waals surface area contributed by atoms with Crippen molar-refractivity contribution in [2.45, 2.75) is 27.3 Å². The molecule has 0 radical (unpaired) electrons. The summed E-state index contributed by atoms with van der Waals surface area (Å²) in [5.41, 5.74) is 4.60. The lowest BCUT2D eigenvalue weighted by Crippen LogP contribution is -2.11. The van der Waals surface area contributed by atoms with Crippen molar-refractivity contribution in [1.29, 1.82) is 0 Å². The first-order chi connectivity index (χ1) is 8.63. The van der Waals surface area contributed by atoms with E-state index in [2.05, 4.69) is 25.2 Å². The van der Waals surface area contributed by atoms with E-state index in [0.717, 1.165) is 35.0 Å². The fourth-order valence-corrected chi connectivity index (χ4v) is 2.25. The molecule has 3 heteroatoms. The molecule has 1 heterocycles. The maximum Gasteiger partial charge on any atom is 0.125 e. The number of aryl methyl sites for hydroxylation is 2. The van der Waals surface area contributed by atoms with Gasteiger partial charge < -0.3 is 9.73 Å². The first kappa shape index (κ1) is 13.2. The Kier molecular flexibility index (Phi) is 4.10. The van der Waals surface area contributed by atoms with Crippen LogP contribution in [0.2, 0.25) is 5.02 Å². The predicted molar refractivity (Wildman–Crippen MR) is 76.0 cm³/mol. The Morgan fingerprint density at radius 1 is 1.17 bits per heavy atom. The van der Waals surface area contributed by atoms with E-state index in [4.69, 9.17) is 16.0 Å². The Morgan fingerprint density at radius 2 is 1.94 bits per heavy atom. The maximum absolute atomic E-state index is 6.13. The van der Waals surface area contributed by atoms with E-state index in [1.807, 2.05) is 19.1 Å². The SMILES string of the molecule is CCNCc1occc1-c1cc(C)c(Cl)cc1C. The van der Waals surface area contributed by atoms with Crippen LogP contribution in [0.25, 0.3) is 11.1 Å². The first-order valence-corrected chi connectivity index (χ1v) is 6.55. The van der Waals surface area contributed by atoms with E-state index in [1.54, 1.807) is 6.26 Å². The molecule has 0 bridgehead atoms.